The number of ether oxygens (including phenoxy) is 2. The molecule has 2 atom stereocenters. The van der Waals surface area contributed by atoms with E-state index in [4.69, 9.17) is 21.1 Å². The van der Waals surface area contributed by atoms with E-state index in [1.807, 2.05) is 67.6 Å². The monoisotopic (exact) mass is 430 g/mol. The first kappa shape index (κ1) is 19.6. The lowest BCUT2D eigenvalue weighted by Crippen LogP contribution is -2.49. The van der Waals surface area contributed by atoms with Crippen LogP contribution < -0.4 is 4.74 Å². The summed E-state index contributed by atoms with van der Waals surface area (Å²) in [4.78, 5) is 27.0. The maximum Gasteiger partial charge on any atom is 0.343 e. The second kappa shape index (κ2) is 7.40. The number of hydrogen-bond donors (Lipinski definition) is 0. The van der Waals surface area contributed by atoms with Gasteiger partial charge in [0.15, 0.2) is 0 Å². The molecule has 2 aliphatic rings. The molecule has 154 valence electrons. The summed E-state index contributed by atoms with van der Waals surface area (Å²) in [6.45, 7) is 1.93. The van der Waals surface area contributed by atoms with Gasteiger partial charge >= 0.3 is 11.9 Å². The van der Waals surface area contributed by atoms with Gasteiger partial charge in [0.2, 0.25) is 0 Å². The molecule has 0 aromatic heterocycles. The quantitative estimate of drug-likeness (QED) is 0.397. The molecule has 0 saturated carbocycles. The Morgan fingerprint density at radius 2 is 1.58 bits per heavy atom. The van der Waals surface area contributed by atoms with Crippen molar-refractivity contribution in [3.05, 3.63) is 106 Å². The fourth-order valence-electron chi connectivity index (χ4n) is 4.73. The first-order valence-electron chi connectivity index (χ1n) is 10.1. The van der Waals surface area contributed by atoms with Gasteiger partial charge < -0.3 is 9.47 Å². The third kappa shape index (κ3) is 2.90. The normalized spacial score (nSPS) is 22.3. The fourth-order valence-corrected chi connectivity index (χ4v) is 4.92. The lowest BCUT2D eigenvalue weighted by Gasteiger charge is -2.45. The van der Waals surface area contributed by atoms with Crippen LogP contribution in [0.15, 0.2) is 84.4 Å². The van der Waals surface area contributed by atoms with E-state index in [9.17, 15) is 9.59 Å². The summed E-state index contributed by atoms with van der Waals surface area (Å²) in [5.74, 6) is -0.842. The minimum atomic E-state index is -1.09. The van der Waals surface area contributed by atoms with Crippen molar-refractivity contribution in [2.75, 3.05) is 0 Å². The molecule has 0 bridgehead atoms. The molecule has 5 heteroatoms. The van der Waals surface area contributed by atoms with Crippen molar-refractivity contribution in [2.24, 2.45) is 0 Å². The van der Waals surface area contributed by atoms with Crippen molar-refractivity contribution >= 4 is 29.3 Å². The summed E-state index contributed by atoms with van der Waals surface area (Å²) >= 11 is 6.34. The summed E-state index contributed by atoms with van der Waals surface area (Å²) in [6, 6.07) is 23.8. The Labute approximate surface area is 185 Å². The minimum Gasteiger partial charge on any atom is -0.425 e. The Hall–Kier alpha value is -3.37. The molecule has 0 saturated heterocycles. The topological polar surface area (TPSA) is 52.6 Å². The van der Waals surface area contributed by atoms with Gasteiger partial charge in [0.25, 0.3) is 0 Å². The molecule has 0 unspecified atom stereocenters. The highest BCUT2D eigenvalue weighted by Crippen LogP contribution is 2.56. The molecule has 3 aromatic carbocycles. The highest BCUT2D eigenvalue weighted by Gasteiger charge is 2.57. The summed E-state index contributed by atoms with van der Waals surface area (Å²) in [5.41, 5.74) is 1.39. The molecule has 0 aliphatic carbocycles. The molecule has 0 amide bonds. The molecule has 4 nitrogen and oxygen atoms in total. The second-order valence-corrected chi connectivity index (χ2v) is 8.13. The lowest BCUT2D eigenvalue weighted by molar-refractivity contribution is -0.147. The van der Waals surface area contributed by atoms with Gasteiger partial charge in [0, 0.05) is 22.1 Å². The number of carbonyl (C=O) groups is 2. The minimum absolute atomic E-state index is 0.242. The standard InChI is InChI=1S/C26H19ClO4/c1-2-26(17-11-7-4-8-12-17)22-19-15-18(27)13-14-20(19)30-24(28)21(22)23(31-25(26)29)16-9-5-3-6-10-16/h3-15,22H,2H2,1H3/t22-,26-/m1/s1. The molecule has 5 rings (SSSR count). The number of esters is 2. The van der Waals surface area contributed by atoms with E-state index in [0.29, 0.717) is 33.9 Å². The fraction of sp³-hybridized carbons (Fsp3) is 0.154. The van der Waals surface area contributed by atoms with E-state index in [1.54, 1.807) is 18.2 Å². The second-order valence-electron chi connectivity index (χ2n) is 7.69. The van der Waals surface area contributed by atoms with E-state index >= 15 is 0 Å². The number of rotatable bonds is 3. The van der Waals surface area contributed by atoms with E-state index < -0.39 is 23.3 Å². The summed E-state index contributed by atoms with van der Waals surface area (Å²) < 4.78 is 11.6. The van der Waals surface area contributed by atoms with E-state index in [1.165, 1.54) is 0 Å². The molecule has 31 heavy (non-hydrogen) atoms. The number of fused-ring (bicyclic) bond motifs is 3. The van der Waals surface area contributed by atoms with Crippen LogP contribution in [0.25, 0.3) is 5.76 Å². The van der Waals surface area contributed by atoms with Crippen molar-refractivity contribution in [1.82, 2.24) is 0 Å². The highest BCUT2D eigenvalue weighted by atomic mass is 35.5. The number of benzene rings is 3. The molecule has 2 heterocycles. The molecule has 2 aliphatic heterocycles. The van der Waals surface area contributed by atoms with Gasteiger partial charge in [-0.15, -0.1) is 0 Å². The number of cyclic esters (lactones) is 1. The van der Waals surface area contributed by atoms with Crippen LogP contribution in [-0.4, -0.2) is 11.9 Å². The molecular formula is C26H19ClO4. The zero-order valence-corrected chi connectivity index (χ0v) is 17.6. The highest BCUT2D eigenvalue weighted by molar-refractivity contribution is 6.30. The predicted octanol–water partition coefficient (Wildman–Crippen LogP) is 5.66. The lowest BCUT2D eigenvalue weighted by atomic mass is 9.61. The summed E-state index contributed by atoms with van der Waals surface area (Å²) in [6.07, 6.45) is 0.436. The Bertz CT molecular complexity index is 1220. The number of halogens is 1. The smallest absolute Gasteiger partial charge is 0.343 e. The van der Waals surface area contributed by atoms with Gasteiger partial charge in [-0.1, -0.05) is 79.2 Å². The molecule has 0 N–H and O–H groups in total. The van der Waals surface area contributed by atoms with Crippen LogP contribution >= 0.6 is 11.6 Å². The van der Waals surface area contributed by atoms with Crippen LogP contribution in [0.5, 0.6) is 5.75 Å². The van der Waals surface area contributed by atoms with Gasteiger partial charge in [-0.3, -0.25) is 4.79 Å². The Balaban J connectivity index is 1.88. The Kier molecular flexibility index (Phi) is 4.67. The van der Waals surface area contributed by atoms with Gasteiger partial charge in [0.05, 0.1) is 5.57 Å². The van der Waals surface area contributed by atoms with Crippen molar-refractivity contribution in [3.8, 4) is 5.75 Å². The van der Waals surface area contributed by atoms with E-state index in [2.05, 4.69) is 0 Å². The van der Waals surface area contributed by atoms with Crippen LogP contribution in [0, 0.1) is 0 Å². The SMILES string of the molecule is CC[C@]1(c2ccccc2)C(=O)OC(c2ccccc2)=C2C(=O)Oc3ccc(Cl)cc3[C@H]21. The first-order chi connectivity index (χ1) is 15.1. The maximum atomic E-state index is 13.7. The molecule has 0 spiro atoms. The third-order valence-electron chi connectivity index (χ3n) is 6.17. The average molecular weight is 431 g/mol. The van der Waals surface area contributed by atoms with Crippen LogP contribution in [0.2, 0.25) is 5.02 Å². The molecular weight excluding hydrogens is 412 g/mol. The largest absolute Gasteiger partial charge is 0.425 e. The van der Waals surface area contributed by atoms with Crippen LogP contribution in [0.1, 0.15) is 36.0 Å². The van der Waals surface area contributed by atoms with Crippen molar-refractivity contribution in [1.29, 1.82) is 0 Å². The van der Waals surface area contributed by atoms with Crippen molar-refractivity contribution < 1.29 is 19.1 Å². The zero-order valence-electron chi connectivity index (χ0n) is 16.8. The van der Waals surface area contributed by atoms with E-state index in [0.717, 1.165) is 5.56 Å². The van der Waals surface area contributed by atoms with Gasteiger partial charge in [-0.25, -0.2) is 4.79 Å². The van der Waals surface area contributed by atoms with E-state index in [-0.39, 0.29) is 5.76 Å². The summed E-state index contributed by atoms with van der Waals surface area (Å²) in [7, 11) is 0. The van der Waals surface area contributed by atoms with Crippen LogP contribution in [0.3, 0.4) is 0 Å². The zero-order chi connectivity index (χ0) is 21.6. The Morgan fingerprint density at radius 3 is 2.26 bits per heavy atom. The maximum absolute atomic E-state index is 13.7. The van der Waals surface area contributed by atoms with Crippen molar-refractivity contribution in [2.45, 2.75) is 24.7 Å². The number of carbonyl (C=O) groups excluding carboxylic acids is 2. The van der Waals surface area contributed by atoms with Crippen LogP contribution in [0.4, 0.5) is 0 Å². The Morgan fingerprint density at radius 1 is 0.903 bits per heavy atom. The average Bonchev–Trinajstić information content (AvgIpc) is 2.80. The summed E-state index contributed by atoms with van der Waals surface area (Å²) in [5, 5.41) is 0.509. The third-order valence-corrected chi connectivity index (χ3v) is 6.41. The molecule has 0 fully saturated rings. The van der Waals surface area contributed by atoms with Gasteiger partial charge in [0.1, 0.15) is 16.9 Å². The van der Waals surface area contributed by atoms with Crippen molar-refractivity contribution in [3.63, 3.8) is 0 Å². The predicted molar refractivity (Wildman–Crippen MR) is 118 cm³/mol. The van der Waals surface area contributed by atoms with Gasteiger partial charge in [-0.05, 0) is 30.2 Å². The van der Waals surface area contributed by atoms with Crippen LogP contribution in [-0.2, 0) is 19.7 Å². The molecule has 3 aromatic rings. The van der Waals surface area contributed by atoms with Gasteiger partial charge in [-0.2, -0.15) is 0 Å². The molecule has 0 radical (unpaired) electrons. The first-order valence-corrected chi connectivity index (χ1v) is 10.5. The number of hydrogen-bond acceptors (Lipinski definition) is 4.